The number of amides is 1. The van der Waals surface area contributed by atoms with Crippen LogP contribution in [0.25, 0.3) is 0 Å². The molecule has 2 rings (SSSR count). The van der Waals surface area contributed by atoms with Crippen molar-refractivity contribution in [3.63, 3.8) is 0 Å². The standard InChI is InChI=1S/C15H19F3N2O2/c1-19-8-11-6-7-20(9-11)14(21)10-22-13-4-2-12(3-5-13)15(16,17)18/h2-5,11,19H,6-10H2,1H3/t11-/m1/s1. The van der Waals surface area contributed by atoms with Crippen molar-refractivity contribution in [2.24, 2.45) is 5.92 Å². The molecular weight excluding hydrogens is 297 g/mol. The van der Waals surface area contributed by atoms with Crippen LogP contribution in [0, 0.1) is 5.92 Å². The third-order valence-electron chi connectivity index (χ3n) is 3.68. The van der Waals surface area contributed by atoms with Crippen molar-refractivity contribution in [3.8, 4) is 5.75 Å². The molecule has 4 nitrogen and oxygen atoms in total. The third-order valence-corrected chi connectivity index (χ3v) is 3.68. The van der Waals surface area contributed by atoms with Crippen molar-refractivity contribution in [2.45, 2.75) is 12.6 Å². The molecular formula is C15H19F3N2O2. The minimum Gasteiger partial charge on any atom is -0.484 e. The quantitative estimate of drug-likeness (QED) is 0.905. The van der Waals surface area contributed by atoms with E-state index in [1.54, 1.807) is 4.90 Å². The molecule has 7 heteroatoms. The van der Waals surface area contributed by atoms with Crippen LogP contribution >= 0.6 is 0 Å². The second-order valence-corrected chi connectivity index (χ2v) is 5.36. The van der Waals surface area contributed by atoms with E-state index in [1.165, 1.54) is 12.1 Å². The van der Waals surface area contributed by atoms with Gasteiger partial charge in [0.15, 0.2) is 6.61 Å². The summed E-state index contributed by atoms with van der Waals surface area (Å²) in [5.41, 5.74) is -0.736. The number of benzene rings is 1. The summed E-state index contributed by atoms with van der Waals surface area (Å²) in [6, 6.07) is 4.34. The first-order valence-electron chi connectivity index (χ1n) is 7.12. The molecule has 122 valence electrons. The van der Waals surface area contributed by atoms with E-state index in [1.807, 2.05) is 7.05 Å². The van der Waals surface area contributed by atoms with Crippen LogP contribution in [0.5, 0.6) is 5.75 Å². The van der Waals surface area contributed by atoms with Crippen LogP contribution in [0.3, 0.4) is 0 Å². The Hall–Kier alpha value is -1.76. The summed E-state index contributed by atoms with van der Waals surface area (Å²) in [6.45, 7) is 2.10. The molecule has 1 amide bonds. The Balaban J connectivity index is 1.82. The fourth-order valence-electron chi connectivity index (χ4n) is 2.49. The monoisotopic (exact) mass is 316 g/mol. The second kappa shape index (κ2) is 7.00. The van der Waals surface area contributed by atoms with Crippen molar-refractivity contribution in [3.05, 3.63) is 29.8 Å². The molecule has 22 heavy (non-hydrogen) atoms. The predicted molar refractivity (Wildman–Crippen MR) is 75.6 cm³/mol. The Morgan fingerprint density at radius 2 is 2.05 bits per heavy atom. The van der Waals surface area contributed by atoms with Crippen LogP contribution in [0.2, 0.25) is 0 Å². The number of carbonyl (C=O) groups excluding carboxylic acids is 1. The van der Waals surface area contributed by atoms with Crippen molar-refractivity contribution in [2.75, 3.05) is 33.3 Å². The number of carbonyl (C=O) groups is 1. The average Bonchev–Trinajstić information content (AvgIpc) is 2.93. The Kier molecular flexibility index (Phi) is 5.28. The minimum absolute atomic E-state index is 0.140. The molecule has 0 bridgehead atoms. The van der Waals surface area contributed by atoms with E-state index >= 15 is 0 Å². The zero-order valence-corrected chi connectivity index (χ0v) is 12.3. The molecule has 1 aliphatic rings. The molecule has 0 spiro atoms. The summed E-state index contributed by atoms with van der Waals surface area (Å²) < 4.78 is 42.6. The summed E-state index contributed by atoms with van der Waals surface area (Å²) >= 11 is 0. The molecule has 1 aromatic carbocycles. The van der Waals surface area contributed by atoms with Gasteiger partial charge in [0.05, 0.1) is 5.56 Å². The van der Waals surface area contributed by atoms with E-state index < -0.39 is 11.7 Å². The van der Waals surface area contributed by atoms with Crippen LogP contribution in [0.1, 0.15) is 12.0 Å². The SMILES string of the molecule is CNC[C@H]1CCN(C(=O)COc2ccc(C(F)(F)F)cc2)C1. The van der Waals surface area contributed by atoms with E-state index in [9.17, 15) is 18.0 Å². The van der Waals surface area contributed by atoms with Gasteiger partial charge in [-0.05, 0) is 50.2 Å². The maximum atomic E-state index is 12.4. The average molecular weight is 316 g/mol. The molecule has 1 N–H and O–H groups in total. The molecule has 1 fully saturated rings. The summed E-state index contributed by atoms with van der Waals surface area (Å²) in [5.74, 6) is 0.561. The fraction of sp³-hybridized carbons (Fsp3) is 0.533. The van der Waals surface area contributed by atoms with Gasteiger partial charge in [-0.15, -0.1) is 0 Å². The van der Waals surface area contributed by atoms with Gasteiger partial charge in [-0.2, -0.15) is 13.2 Å². The topological polar surface area (TPSA) is 41.6 Å². The zero-order chi connectivity index (χ0) is 16.2. The molecule has 1 aliphatic heterocycles. The Morgan fingerprint density at radius 3 is 2.64 bits per heavy atom. The number of hydrogen-bond acceptors (Lipinski definition) is 3. The highest BCUT2D eigenvalue weighted by molar-refractivity contribution is 5.78. The molecule has 0 aromatic heterocycles. The lowest BCUT2D eigenvalue weighted by atomic mass is 10.1. The summed E-state index contributed by atoms with van der Waals surface area (Å²) in [6.07, 6.45) is -3.42. The molecule has 1 saturated heterocycles. The Morgan fingerprint density at radius 1 is 1.36 bits per heavy atom. The van der Waals surface area contributed by atoms with Gasteiger partial charge < -0.3 is 15.0 Å². The first kappa shape index (κ1) is 16.6. The summed E-state index contributed by atoms with van der Waals surface area (Å²) in [7, 11) is 1.87. The molecule has 0 radical (unpaired) electrons. The maximum Gasteiger partial charge on any atom is 0.416 e. The number of ether oxygens (including phenoxy) is 1. The highest BCUT2D eigenvalue weighted by atomic mass is 19.4. The van der Waals surface area contributed by atoms with Gasteiger partial charge in [-0.3, -0.25) is 4.79 Å². The van der Waals surface area contributed by atoms with E-state index in [0.29, 0.717) is 19.0 Å². The normalized spacial score (nSPS) is 18.5. The van der Waals surface area contributed by atoms with Crippen molar-refractivity contribution in [1.82, 2.24) is 10.2 Å². The number of alkyl halides is 3. The van der Waals surface area contributed by atoms with Crippen LogP contribution in [-0.2, 0) is 11.0 Å². The number of nitrogens with one attached hydrogen (secondary N) is 1. The van der Waals surface area contributed by atoms with Crippen molar-refractivity contribution < 1.29 is 22.7 Å². The van der Waals surface area contributed by atoms with E-state index in [0.717, 1.165) is 25.1 Å². The molecule has 1 atom stereocenters. The van der Waals surface area contributed by atoms with Gasteiger partial charge in [0, 0.05) is 13.1 Å². The maximum absolute atomic E-state index is 12.4. The molecule has 0 saturated carbocycles. The van der Waals surface area contributed by atoms with E-state index in [2.05, 4.69) is 5.32 Å². The van der Waals surface area contributed by atoms with Gasteiger partial charge in [-0.25, -0.2) is 0 Å². The number of likely N-dealkylation sites (tertiary alicyclic amines) is 1. The van der Waals surface area contributed by atoms with Crippen LogP contribution in [0.4, 0.5) is 13.2 Å². The van der Waals surface area contributed by atoms with Crippen LogP contribution in [-0.4, -0.2) is 44.1 Å². The Bertz CT molecular complexity index is 503. The Labute approximate surface area is 127 Å². The number of hydrogen-bond donors (Lipinski definition) is 1. The first-order valence-corrected chi connectivity index (χ1v) is 7.12. The molecule has 1 aromatic rings. The predicted octanol–water partition coefficient (Wildman–Crippen LogP) is 2.15. The minimum atomic E-state index is -4.37. The zero-order valence-electron chi connectivity index (χ0n) is 12.3. The molecule has 0 unspecified atom stereocenters. The number of rotatable bonds is 5. The lowest BCUT2D eigenvalue weighted by Crippen LogP contribution is -2.34. The number of halogens is 3. The van der Waals surface area contributed by atoms with E-state index in [-0.39, 0.29) is 18.3 Å². The van der Waals surface area contributed by atoms with Crippen molar-refractivity contribution >= 4 is 5.91 Å². The lowest BCUT2D eigenvalue weighted by Gasteiger charge is -2.17. The van der Waals surface area contributed by atoms with Gasteiger partial charge in [0.2, 0.25) is 0 Å². The highest BCUT2D eigenvalue weighted by Gasteiger charge is 2.30. The third kappa shape index (κ3) is 4.37. The summed E-state index contributed by atoms with van der Waals surface area (Å²) in [5, 5.41) is 3.08. The van der Waals surface area contributed by atoms with Crippen molar-refractivity contribution in [1.29, 1.82) is 0 Å². The molecule has 0 aliphatic carbocycles. The number of nitrogens with zero attached hydrogens (tertiary/aromatic N) is 1. The first-order chi connectivity index (χ1) is 10.4. The van der Waals surface area contributed by atoms with Gasteiger partial charge in [0.1, 0.15) is 5.75 Å². The second-order valence-electron chi connectivity index (χ2n) is 5.36. The van der Waals surface area contributed by atoms with Gasteiger partial charge in [0.25, 0.3) is 5.91 Å². The van der Waals surface area contributed by atoms with Gasteiger partial charge in [-0.1, -0.05) is 0 Å². The molecule has 1 heterocycles. The van der Waals surface area contributed by atoms with Gasteiger partial charge >= 0.3 is 6.18 Å². The fourth-order valence-corrected chi connectivity index (χ4v) is 2.49. The van der Waals surface area contributed by atoms with Crippen LogP contribution in [0.15, 0.2) is 24.3 Å². The largest absolute Gasteiger partial charge is 0.484 e. The summed E-state index contributed by atoms with van der Waals surface area (Å²) in [4.78, 5) is 13.7. The van der Waals surface area contributed by atoms with Crippen LogP contribution < -0.4 is 10.1 Å². The highest BCUT2D eigenvalue weighted by Crippen LogP contribution is 2.30. The smallest absolute Gasteiger partial charge is 0.416 e. The van der Waals surface area contributed by atoms with E-state index in [4.69, 9.17) is 4.74 Å². The lowest BCUT2D eigenvalue weighted by molar-refractivity contribution is -0.137.